The van der Waals surface area contributed by atoms with Gasteiger partial charge in [-0.15, -0.1) is 5.10 Å². The van der Waals surface area contributed by atoms with E-state index in [-0.39, 0.29) is 12.0 Å². The van der Waals surface area contributed by atoms with E-state index in [1.165, 1.54) is 7.16 Å². The van der Waals surface area contributed by atoms with Crippen LogP contribution in [0.25, 0.3) is 0 Å². The molecule has 0 unspecified atom stereocenters. The van der Waals surface area contributed by atoms with Crippen LogP contribution >= 0.6 is 0 Å². The van der Waals surface area contributed by atoms with Gasteiger partial charge in [0.05, 0.1) is 0 Å². The van der Waals surface area contributed by atoms with Crippen LogP contribution in [-0.4, -0.2) is 44.0 Å². The number of hydrazone groups is 1. The average molecular weight is 567 g/mol. The number of aliphatic hydroxyl groups excluding tert-OH is 1. The Kier molecular flexibility index (Phi) is 10.5. The Morgan fingerprint density at radius 1 is 0.743 bits per heavy atom. The van der Waals surface area contributed by atoms with Gasteiger partial charge in [-0.3, -0.25) is 4.79 Å². The predicted octanol–water partition coefficient (Wildman–Crippen LogP) is 3.63. The van der Waals surface area contributed by atoms with E-state index < -0.39 is 32.9 Å². The molecule has 0 aromatic heterocycles. The van der Waals surface area contributed by atoms with E-state index in [4.69, 9.17) is 0 Å². The van der Waals surface area contributed by atoms with Gasteiger partial charge < -0.3 is 5.11 Å². The summed E-state index contributed by atoms with van der Waals surface area (Å²) in [4.78, 5) is 22.7. The molecule has 0 heterocycles. The topological polar surface area (TPSA) is 78.8 Å². The molecule has 0 saturated carbocycles. The molecule has 0 spiro atoms. The number of carbonyl (C=O) groups is 1. The monoisotopic (exact) mass is 568 g/mol. The van der Waals surface area contributed by atoms with Crippen molar-refractivity contribution in [3.05, 3.63) is 138 Å². The summed E-state index contributed by atoms with van der Waals surface area (Å²) in [6.45, 7) is 0. The van der Waals surface area contributed by atoms with Gasteiger partial charge >= 0.3 is 89.0 Å². The van der Waals surface area contributed by atoms with Gasteiger partial charge in [-0.05, 0) is 17.7 Å². The Bertz CT molecular complexity index is 1240. The van der Waals surface area contributed by atoms with Gasteiger partial charge in [0.25, 0.3) is 5.91 Å². The molecule has 0 saturated heterocycles. The molecule has 0 aliphatic heterocycles. The molecule has 0 bridgehead atoms. The maximum absolute atomic E-state index is 11.8. The number of carbonyl (C=O) groups excluding carboxylic acids is 2. The Balaban J connectivity index is 0.000000223. The number of nitrogens with one attached hydrogen (secondary N) is 1. The van der Waals surface area contributed by atoms with Crippen LogP contribution in [-0.2, 0) is 11.2 Å². The third-order valence-electron chi connectivity index (χ3n) is 4.75. The summed E-state index contributed by atoms with van der Waals surface area (Å²) in [6, 6.07) is 39.1. The van der Waals surface area contributed by atoms with Crippen LogP contribution in [0.5, 0.6) is 0 Å². The molecule has 2 N–H and O–H groups in total. The number of nitrogens with zero attached hydrogens (tertiary/aromatic N) is 1. The Labute approximate surface area is 215 Å². The van der Waals surface area contributed by atoms with Gasteiger partial charge in [0.1, 0.15) is 11.5 Å². The molecule has 35 heavy (non-hydrogen) atoms. The second kappa shape index (κ2) is 14.4. The molecule has 0 aliphatic rings. The summed E-state index contributed by atoms with van der Waals surface area (Å²) >= 11 is -0.517. The van der Waals surface area contributed by atoms with Crippen LogP contribution < -0.4 is 12.6 Å². The summed E-state index contributed by atoms with van der Waals surface area (Å²) in [6.07, 6.45) is 0.181. The van der Waals surface area contributed by atoms with Crippen molar-refractivity contribution in [2.75, 3.05) is 0 Å². The predicted molar refractivity (Wildman–Crippen MR) is 141 cm³/mol. The zero-order valence-corrected chi connectivity index (χ0v) is 21.8. The van der Waals surface area contributed by atoms with Gasteiger partial charge in [-0.1, -0.05) is 48.5 Å². The van der Waals surface area contributed by atoms with Crippen molar-refractivity contribution in [1.82, 2.24) is 5.43 Å². The van der Waals surface area contributed by atoms with Crippen LogP contribution in [0.3, 0.4) is 0 Å². The number of aliphatic hydroxyl groups is 1. The Morgan fingerprint density at radius 3 is 1.69 bits per heavy atom. The molecule has 4 aromatic rings. The first-order valence-corrected chi connectivity index (χ1v) is 13.8. The standard InChI is InChI=1S/C17H14N2O3.2C6H5.Sn/c20-12-15(11-13-7-3-1-4-8-13)17(22)19-18-16(21)14-9-5-2-6-10-14;2*1-2-4-6-5-3-1;/h1-10H,11H2,(H,18,21)(H,19,22);2*1-5H;. The molecule has 5 nitrogen and oxygen atoms in total. The number of hydrogen-bond donors (Lipinski definition) is 2. The molecule has 172 valence electrons. The molecule has 0 aliphatic carbocycles. The molecule has 2 radical (unpaired) electrons. The summed E-state index contributed by atoms with van der Waals surface area (Å²) in [5.41, 5.74) is 3.40. The van der Waals surface area contributed by atoms with Crippen molar-refractivity contribution in [1.29, 1.82) is 0 Å². The molecule has 4 rings (SSSR count). The number of rotatable bonds is 7. The van der Waals surface area contributed by atoms with Gasteiger partial charge in [-0.2, -0.15) is 0 Å². The third kappa shape index (κ3) is 9.08. The van der Waals surface area contributed by atoms with Crippen molar-refractivity contribution >= 4 is 46.0 Å². The summed E-state index contributed by atoms with van der Waals surface area (Å²) in [5.74, 6) is 0.621. The normalized spacial score (nSPS) is 10.3. The van der Waals surface area contributed by atoms with Gasteiger partial charge in [0, 0.05) is 12.0 Å². The second-order valence-electron chi connectivity index (χ2n) is 7.34. The SMILES string of the molecule is O=C=C(Cc1ccccc1)C(O)=NNC(=O)c1ccccc1.c1cc[c]([Sn][c]2ccccc2)cc1. The number of benzene rings is 4. The fraction of sp³-hybridized carbons (Fsp3) is 0.0345. The first-order valence-electron chi connectivity index (χ1n) is 10.9. The Morgan fingerprint density at radius 2 is 1.20 bits per heavy atom. The summed E-state index contributed by atoms with van der Waals surface area (Å²) in [7, 11) is 0. The second-order valence-corrected chi connectivity index (χ2v) is 11.4. The number of amides is 1. The van der Waals surface area contributed by atoms with Crippen LogP contribution in [0.2, 0.25) is 0 Å². The molecule has 4 aromatic carbocycles. The van der Waals surface area contributed by atoms with E-state index in [2.05, 4.69) is 71.2 Å². The van der Waals surface area contributed by atoms with Crippen LogP contribution in [0.4, 0.5) is 0 Å². The first-order chi connectivity index (χ1) is 17.2. The molecular formula is C29H24N2O3Sn. The fourth-order valence-electron chi connectivity index (χ4n) is 3.00. The maximum atomic E-state index is 11.8. The first kappa shape index (κ1) is 25.7. The molecule has 0 fully saturated rings. The van der Waals surface area contributed by atoms with Crippen molar-refractivity contribution in [3.8, 4) is 0 Å². The summed E-state index contributed by atoms with van der Waals surface area (Å²) < 4.78 is 3.08. The zero-order chi connectivity index (χ0) is 24.7. The van der Waals surface area contributed by atoms with Gasteiger partial charge in [0.15, 0.2) is 0 Å². The van der Waals surface area contributed by atoms with Crippen molar-refractivity contribution in [2.24, 2.45) is 5.10 Å². The molecule has 1 amide bonds. The van der Waals surface area contributed by atoms with Crippen LogP contribution in [0, 0.1) is 0 Å². The van der Waals surface area contributed by atoms with Crippen molar-refractivity contribution < 1.29 is 14.7 Å². The van der Waals surface area contributed by atoms with E-state index in [1.54, 1.807) is 36.3 Å². The Hall–Kier alpha value is -3.93. The van der Waals surface area contributed by atoms with E-state index in [0.29, 0.717) is 5.56 Å². The quantitative estimate of drug-likeness (QED) is 0.118. The van der Waals surface area contributed by atoms with Gasteiger partial charge in [0.2, 0.25) is 5.90 Å². The molecular weight excluding hydrogens is 543 g/mol. The van der Waals surface area contributed by atoms with Gasteiger partial charge in [-0.25, -0.2) is 10.2 Å². The van der Waals surface area contributed by atoms with E-state index in [1.807, 2.05) is 30.3 Å². The van der Waals surface area contributed by atoms with E-state index >= 15 is 0 Å². The zero-order valence-electron chi connectivity index (χ0n) is 19.0. The van der Waals surface area contributed by atoms with E-state index in [9.17, 15) is 14.7 Å². The fourth-order valence-corrected chi connectivity index (χ4v) is 6.00. The number of hydrogen-bond acceptors (Lipinski definition) is 3. The average Bonchev–Trinajstić information content (AvgIpc) is 2.93. The van der Waals surface area contributed by atoms with Crippen LogP contribution in [0.1, 0.15) is 15.9 Å². The molecule has 0 atom stereocenters. The van der Waals surface area contributed by atoms with E-state index in [0.717, 1.165) is 5.56 Å². The summed E-state index contributed by atoms with van der Waals surface area (Å²) in [5, 5.41) is 13.3. The minimum atomic E-state index is -0.553. The van der Waals surface area contributed by atoms with Crippen LogP contribution in [0.15, 0.2) is 132 Å². The minimum absolute atomic E-state index is 0.0282. The van der Waals surface area contributed by atoms with Crippen molar-refractivity contribution in [3.63, 3.8) is 0 Å². The van der Waals surface area contributed by atoms with Crippen molar-refractivity contribution in [2.45, 2.75) is 6.42 Å². The third-order valence-corrected chi connectivity index (χ3v) is 8.30. The molecule has 6 heteroatoms.